The monoisotopic (exact) mass is 232 g/mol. The van der Waals surface area contributed by atoms with Gasteiger partial charge in [-0.1, -0.05) is 35.4 Å². The zero-order valence-corrected chi connectivity index (χ0v) is 10.6. The minimum Gasteiger partial charge on any atom is -0.481 e. The van der Waals surface area contributed by atoms with Crippen molar-refractivity contribution in [2.75, 3.05) is 0 Å². The molecule has 17 heavy (non-hydrogen) atoms. The van der Waals surface area contributed by atoms with Gasteiger partial charge >= 0.3 is 5.97 Å². The van der Waals surface area contributed by atoms with E-state index in [1.807, 2.05) is 38.1 Å². The highest BCUT2D eigenvalue weighted by Gasteiger charge is 2.17. The van der Waals surface area contributed by atoms with Crippen molar-refractivity contribution in [1.82, 2.24) is 0 Å². The molecular formula is C15H20O2. The quantitative estimate of drug-likeness (QED) is 0.761. The predicted octanol–water partition coefficient (Wildman–Crippen LogP) is 3.59. The third-order valence-electron chi connectivity index (χ3n) is 2.87. The molecule has 0 spiro atoms. The fourth-order valence-corrected chi connectivity index (χ4v) is 1.74. The number of aliphatic carboxylic acids is 1. The van der Waals surface area contributed by atoms with E-state index in [9.17, 15) is 9.90 Å². The summed E-state index contributed by atoms with van der Waals surface area (Å²) in [4.78, 5) is 11.2. The summed E-state index contributed by atoms with van der Waals surface area (Å²) in [5, 5.41) is 9.17. The Morgan fingerprint density at radius 3 is 2.41 bits per heavy atom. The second-order valence-electron chi connectivity index (χ2n) is 4.72. The number of hydrogen-bond donors (Lipinski definition) is 1. The highest BCUT2D eigenvalue weighted by Crippen LogP contribution is 2.17. The lowest BCUT2D eigenvalue weighted by atomic mass is 9.93. The van der Waals surface area contributed by atoms with Gasteiger partial charge in [-0.25, -0.2) is 0 Å². The van der Waals surface area contributed by atoms with E-state index in [1.165, 1.54) is 5.56 Å². The summed E-state index contributed by atoms with van der Waals surface area (Å²) < 4.78 is 0. The van der Waals surface area contributed by atoms with Gasteiger partial charge in [0.15, 0.2) is 0 Å². The highest BCUT2D eigenvalue weighted by molar-refractivity contribution is 5.70. The SMILES string of the molecule is C=C(C)CCC(Cc1ccc(C)cc1)C(=O)O. The van der Waals surface area contributed by atoms with E-state index in [-0.39, 0.29) is 5.92 Å². The lowest BCUT2D eigenvalue weighted by Crippen LogP contribution is -2.16. The standard InChI is InChI=1S/C15H20O2/c1-11(2)4-9-14(15(16)17)10-13-7-5-12(3)6-8-13/h5-8,14H,1,4,9-10H2,2-3H3,(H,16,17). The van der Waals surface area contributed by atoms with Crippen LogP contribution in [0.15, 0.2) is 36.4 Å². The van der Waals surface area contributed by atoms with E-state index in [0.717, 1.165) is 17.6 Å². The molecule has 1 atom stereocenters. The van der Waals surface area contributed by atoms with Gasteiger partial charge in [-0.05, 0) is 38.7 Å². The van der Waals surface area contributed by atoms with Crippen LogP contribution in [0.3, 0.4) is 0 Å². The van der Waals surface area contributed by atoms with Gasteiger partial charge in [0.05, 0.1) is 5.92 Å². The van der Waals surface area contributed by atoms with E-state index in [2.05, 4.69) is 6.58 Å². The van der Waals surface area contributed by atoms with Crippen molar-refractivity contribution >= 4 is 5.97 Å². The van der Waals surface area contributed by atoms with Crippen LogP contribution in [-0.4, -0.2) is 11.1 Å². The summed E-state index contributed by atoms with van der Waals surface area (Å²) in [7, 11) is 0. The van der Waals surface area contributed by atoms with Crippen LogP contribution < -0.4 is 0 Å². The van der Waals surface area contributed by atoms with Gasteiger partial charge < -0.3 is 5.11 Å². The zero-order valence-electron chi connectivity index (χ0n) is 10.6. The van der Waals surface area contributed by atoms with E-state index in [1.54, 1.807) is 0 Å². The molecule has 2 nitrogen and oxygen atoms in total. The molecule has 0 aliphatic heterocycles. The summed E-state index contributed by atoms with van der Waals surface area (Å²) in [5.41, 5.74) is 3.33. The maximum absolute atomic E-state index is 11.2. The molecule has 0 aliphatic carbocycles. The number of hydrogen-bond acceptors (Lipinski definition) is 1. The Morgan fingerprint density at radius 2 is 1.94 bits per heavy atom. The molecule has 0 amide bonds. The molecule has 1 rings (SSSR count). The molecule has 0 saturated heterocycles. The van der Waals surface area contributed by atoms with Crippen molar-refractivity contribution in [3.8, 4) is 0 Å². The molecule has 0 aliphatic rings. The van der Waals surface area contributed by atoms with Crippen molar-refractivity contribution < 1.29 is 9.90 Å². The molecule has 0 aromatic heterocycles. The van der Waals surface area contributed by atoms with Crippen LogP contribution in [0.25, 0.3) is 0 Å². The summed E-state index contributed by atoms with van der Waals surface area (Å²) >= 11 is 0. The Labute approximate surface area is 103 Å². The smallest absolute Gasteiger partial charge is 0.306 e. The molecule has 1 N–H and O–H groups in total. The summed E-state index contributed by atoms with van der Waals surface area (Å²) in [6, 6.07) is 8.05. The third-order valence-corrected chi connectivity index (χ3v) is 2.87. The van der Waals surface area contributed by atoms with Crippen LogP contribution in [0, 0.1) is 12.8 Å². The largest absolute Gasteiger partial charge is 0.481 e. The lowest BCUT2D eigenvalue weighted by Gasteiger charge is -2.12. The lowest BCUT2D eigenvalue weighted by molar-refractivity contribution is -0.141. The Bertz CT molecular complexity index is 390. The Kier molecular flexibility index (Phi) is 4.95. The summed E-state index contributed by atoms with van der Waals surface area (Å²) in [6.45, 7) is 7.77. The molecule has 0 radical (unpaired) electrons. The van der Waals surface area contributed by atoms with Crippen molar-refractivity contribution in [2.45, 2.75) is 33.1 Å². The molecule has 0 bridgehead atoms. The Balaban J connectivity index is 2.63. The van der Waals surface area contributed by atoms with Crippen LogP contribution in [0.4, 0.5) is 0 Å². The third kappa shape index (κ3) is 4.85. The van der Waals surface area contributed by atoms with Gasteiger partial charge in [-0.15, -0.1) is 6.58 Å². The molecule has 1 unspecified atom stereocenters. The minimum absolute atomic E-state index is 0.311. The van der Waals surface area contributed by atoms with Crippen LogP contribution in [0.1, 0.15) is 30.9 Å². The highest BCUT2D eigenvalue weighted by atomic mass is 16.4. The minimum atomic E-state index is -0.716. The van der Waals surface area contributed by atoms with Gasteiger partial charge in [0, 0.05) is 0 Å². The first kappa shape index (κ1) is 13.5. The number of rotatable bonds is 6. The van der Waals surface area contributed by atoms with Crippen LogP contribution in [0.5, 0.6) is 0 Å². The average Bonchev–Trinajstić information content (AvgIpc) is 2.26. The summed E-state index contributed by atoms with van der Waals surface area (Å²) in [5.74, 6) is -1.03. The predicted molar refractivity (Wildman–Crippen MR) is 70.1 cm³/mol. The molecule has 92 valence electrons. The normalized spacial score (nSPS) is 12.1. The fourth-order valence-electron chi connectivity index (χ4n) is 1.74. The maximum atomic E-state index is 11.2. The number of carbonyl (C=O) groups is 1. The van der Waals surface area contributed by atoms with E-state index in [4.69, 9.17) is 0 Å². The molecule has 0 saturated carbocycles. The van der Waals surface area contributed by atoms with Crippen molar-refractivity contribution in [1.29, 1.82) is 0 Å². The first-order chi connectivity index (χ1) is 7.99. The first-order valence-corrected chi connectivity index (χ1v) is 5.91. The number of benzene rings is 1. The maximum Gasteiger partial charge on any atom is 0.306 e. The Hall–Kier alpha value is -1.57. The van der Waals surface area contributed by atoms with Gasteiger partial charge in [0.1, 0.15) is 0 Å². The Morgan fingerprint density at radius 1 is 1.35 bits per heavy atom. The summed E-state index contributed by atoms with van der Waals surface area (Å²) in [6.07, 6.45) is 2.05. The molecule has 1 aromatic rings. The van der Waals surface area contributed by atoms with Crippen LogP contribution >= 0.6 is 0 Å². The van der Waals surface area contributed by atoms with Crippen LogP contribution in [-0.2, 0) is 11.2 Å². The van der Waals surface area contributed by atoms with E-state index >= 15 is 0 Å². The second kappa shape index (κ2) is 6.24. The molecule has 0 fully saturated rings. The van der Waals surface area contributed by atoms with Gasteiger partial charge in [0.2, 0.25) is 0 Å². The number of aryl methyl sites for hydroxylation is 1. The average molecular weight is 232 g/mol. The number of allylic oxidation sites excluding steroid dienone is 1. The van der Waals surface area contributed by atoms with Gasteiger partial charge in [0.25, 0.3) is 0 Å². The topological polar surface area (TPSA) is 37.3 Å². The second-order valence-corrected chi connectivity index (χ2v) is 4.72. The van der Waals surface area contributed by atoms with Crippen LogP contribution in [0.2, 0.25) is 0 Å². The van der Waals surface area contributed by atoms with Gasteiger partial charge in [-0.3, -0.25) is 4.79 Å². The molecule has 2 heteroatoms. The fraction of sp³-hybridized carbons (Fsp3) is 0.400. The van der Waals surface area contributed by atoms with Gasteiger partial charge in [-0.2, -0.15) is 0 Å². The number of carboxylic acids is 1. The molecule has 1 aromatic carbocycles. The molecule has 0 heterocycles. The van der Waals surface area contributed by atoms with E-state index < -0.39 is 5.97 Å². The molecular weight excluding hydrogens is 212 g/mol. The van der Waals surface area contributed by atoms with Crippen molar-refractivity contribution in [3.05, 3.63) is 47.5 Å². The zero-order chi connectivity index (χ0) is 12.8. The first-order valence-electron chi connectivity index (χ1n) is 5.91. The van der Waals surface area contributed by atoms with Crippen molar-refractivity contribution in [2.24, 2.45) is 5.92 Å². The number of carboxylic acid groups (broad SMARTS) is 1. The van der Waals surface area contributed by atoms with Crippen molar-refractivity contribution in [3.63, 3.8) is 0 Å². The van der Waals surface area contributed by atoms with E-state index in [0.29, 0.717) is 12.8 Å².